The van der Waals surface area contributed by atoms with Gasteiger partial charge in [0.15, 0.2) is 17.9 Å². The fourth-order valence-electron chi connectivity index (χ4n) is 2.93. The molecule has 1 saturated heterocycles. The molecule has 0 N–H and O–H groups in total. The number of hydrogen-bond donors (Lipinski definition) is 0. The molecule has 0 aromatic carbocycles. The summed E-state index contributed by atoms with van der Waals surface area (Å²) < 4.78 is 10.6. The molecule has 1 unspecified atom stereocenters. The Morgan fingerprint density at radius 3 is 3.00 bits per heavy atom. The predicted molar refractivity (Wildman–Crippen MR) is 82.1 cm³/mol. The molecule has 0 bridgehead atoms. The molecule has 2 aromatic heterocycles. The van der Waals surface area contributed by atoms with E-state index in [1.165, 1.54) is 6.39 Å². The van der Waals surface area contributed by atoms with Crippen molar-refractivity contribution >= 4 is 5.91 Å². The van der Waals surface area contributed by atoms with Crippen LogP contribution in [0.4, 0.5) is 0 Å². The first-order valence-corrected chi connectivity index (χ1v) is 8.15. The van der Waals surface area contributed by atoms with Crippen LogP contribution in [0.25, 0.3) is 0 Å². The molecule has 1 aliphatic rings. The number of aryl methyl sites for hydroxylation is 1. The van der Waals surface area contributed by atoms with Gasteiger partial charge in [-0.1, -0.05) is 25.9 Å². The highest BCUT2D eigenvalue weighted by Gasteiger charge is 2.31. The first kappa shape index (κ1) is 15.7. The molecule has 0 spiro atoms. The van der Waals surface area contributed by atoms with Crippen LogP contribution in [0.1, 0.15) is 73.4 Å². The smallest absolute Gasteiger partial charge is 0.276 e. The highest BCUT2D eigenvalue weighted by Crippen LogP contribution is 2.27. The minimum absolute atomic E-state index is 0.0774. The van der Waals surface area contributed by atoms with Crippen LogP contribution in [0.15, 0.2) is 15.3 Å². The molecule has 7 nitrogen and oxygen atoms in total. The Bertz CT molecular complexity index is 676. The van der Waals surface area contributed by atoms with E-state index in [1.54, 1.807) is 0 Å². The van der Waals surface area contributed by atoms with Gasteiger partial charge in [0.25, 0.3) is 5.91 Å². The number of rotatable bonds is 4. The van der Waals surface area contributed by atoms with Crippen LogP contribution in [0.3, 0.4) is 0 Å². The molecule has 3 heterocycles. The minimum atomic E-state index is -0.0774. The van der Waals surface area contributed by atoms with Gasteiger partial charge in [-0.25, -0.2) is 4.98 Å². The summed E-state index contributed by atoms with van der Waals surface area (Å²) in [5, 5.41) is 4.05. The third kappa shape index (κ3) is 3.13. The average Bonchev–Trinajstić information content (AvgIpc) is 3.23. The highest BCUT2D eigenvalue weighted by atomic mass is 16.5. The maximum Gasteiger partial charge on any atom is 0.276 e. The average molecular weight is 318 g/mol. The molecule has 1 aliphatic heterocycles. The van der Waals surface area contributed by atoms with Crippen molar-refractivity contribution in [1.29, 1.82) is 0 Å². The van der Waals surface area contributed by atoms with Crippen molar-refractivity contribution in [1.82, 2.24) is 20.0 Å². The first-order valence-electron chi connectivity index (χ1n) is 8.15. The van der Waals surface area contributed by atoms with E-state index >= 15 is 0 Å². The maximum absolute atomic E-state index is 12.8. The van der Waals surface area contributed by atoms with Gasteiger partial charge in [-0.2, -0.15) is 4.98 Å². The molecule has 23 heavy (non-hydrogen) atoms. The summed E-state index contributed by atoms with van der Waals surface area (Å²) in [6, 6.07) is 0. The molecule has 7 heteroatoms. The van der Waals surface area contributed by atoms with Gasteiger partial charge in [0.05, 0.1) is 0 Å². The Labute approximate surface area is 135 Å². The maximum atomic E-state index is 12.8. The van der Waals surface area contributed by atoms with Crippen LogP contribution in [0.5, 0.6) is 0 Å². The molecular weight excluding hydrogens is 296 g/mol. The molecule has 0 saturated carbocycles. The number of oxazole rings is 1. The van der Waals surface area contributed by atoms with E-state index < -0.39 is 0 Å². The second-order valence-electron chi connectivity index (χ2n) is 6.21. The van der Waals surface area contributed by atoms with Gasteiger partial charge >= 0.3 is 0 Å². The molecule has 1 atom stereocenters. The molecule has 0 aliphatic carbocycles. The van der Waals surface area contributed by atoms with Crippen LogP contribution < -0.4 is 0 Å². The summed E-state index contributed by atoms with van der Waals surface area (Å²) in [6.07, 6.45) is 3.94. The van der Waals surface area contributed by atoms with Crippen molar-refractivity contribution in [3.05, 3.63) is 29.6 Å². The number of nitrogens with zero attached hydrogens (tertiary/aromatic N) is 4. The predicted octanol–water partition coefficient (Wildman–Crippen LogP) is 2.76. The Morgan fingerprint density at radius 2 is 2.30 bits per heavy atom. The molecule has 0 radical (unpaired) electrons. The minimum Gasteiger partial charge on any atom is -0.447 e. The van der Waals surface area contributed by atoms with E-state index in [-0.39, 0.29) is 17.7 Å². The summed E-state index contributed by atoms with van der Waals surface area (Å²) in [5.74, 6) is 2.15. The largest absolute Gasteiger partial charge is 0.447 e. The molecule has 1 amide bonds. The molecule has 2 aromatic rings. The van der Waals surface area contributed by atoms with Crippen molar-refractivity contribution in [2.24, 2.45) is 0 Å². The Balaban J connectivity index is 1.75. The van der Waals surface area contributed by atoms with Gasteiger partial charge in [-0.3, -0.25) is 4.79 Å². The quantitative estimate of drug-likeness (QED) is 0.861. The van der Waals surface area contributed by atoms with E-state index in [4.69, 9.17) is 8.94 Å². The Hall–Kier alpha value is -2.18. The van der Waals surface area contributed by atoms with Crippen LogP contribution in [0, 0.1) is 0 Å². The van der Waals surface area contributed by atoms with E-state index in [0.717, 1.165) is 25.8 Å². The zero-order chi connectivity index (χ0) is 16.4. The van der Waals surface area contributed by atoms with Crippen molar-refractivity contribution in [3.63, 3.8) is 0 Å². The third-order valence-electron chi connectivity index (χ3n) is 4.18. The lowest BCUT2D eigenvalue weighted by atomic mass is 9.97. The number of carbonyl (C=O) groups is 1. The molecular formula is C16H22N4O3. The lowest BCUT2D eigenvalue weighted by Gasteiger charge is -2.31. The van der Waals surface area contributed by atoms with E-state index in [0.29, 0.717) is 29.7 Å². The highest BCUT2D eigenvalue weighted by molar-refractivity contribution is 5.93. The van der Waals surface area contributed by atoms with Gasteiger partial charge in [0.2, 0.25) is 5.89 Å². The summed E-state index contributed by atoms with van der Waals surface area (Å²) in [7, 11) is 0. The van der Waals surface area contributed by atoms with E-state index in [9.17, 15) is 4.79 Å². The monoisotopic (exact) mass is 318 g/mol. The molecule has 1 fully saturated rings. The number of piperidine rings is 1. The van der Waals surface area contributed by atoms with Gasteiger partial charge < -0.3 is 13.8 Å². The first-order chi connectivity index (χ1) is 11.1. The fraction of sp³-hybridized carbons (Fsp3) is 0.625. The van der Waals surface area contributed by atoms with E-state index in [1.807, 2.05) is 25.7 Å². The van der Waals surface area contributed by atoms with E-state index in [2.05, 4.69) is 15.1 Å². The van der Waals surface area contributed by atoms with Crippen LogP contribution in [-0.2, 0) is 6.42 Å². The summed E-state index contributed by atoms with van der Waals surface area (Å²) in [6.45, 7) is 7.26. The van der Waals surface area contributed by atoms with Gasteiger partial charge in [-0.15, -0.1) is 0 Å². The molecule has 3 rings (SSSR count). The van der Waals surface area contributed by atoms with Crippen molar-refractivity contribution < 1.29 is 13.7 Å². The number of hydrogen-bond acceptors (Lipinski definition) is 6. The summed E-state index contributed by atoms with van der Waals surface area (Å²) >= 11 is 0. The lowest BCUT2D eigenvalue weighted by Crippen LogP contribution is -2.40. The van der Waals surface area contributed by atoms with Gasteiger partial charge in [0.1, 0.15) is 5.76 Å². The summed E-state index contributed by atoms with van der Waals surface area (Å²) in [4.78, 5) is 23.1. The second kappa shape index (κ2) is 6.52. The molecule has 124 valence electrons. The zero-order valence-electron chi connectivity index (χ0n) is 13.8. The number of amides is 1. The zero-order valence-corrected chi connectivity index (χ0v) is 13.8. The fourth-order valence-corrected chi connectivity index (χ4v) is 2.93. The van der Waals surface area contributed by atoms with Crippen molar-refractivity contribution in [2.45, 2.75) is 51.9 Å². The Kier molecular flexibility index (Phi) is 4.45. The Morgan fingerprint density at radius 1 is 1.48 bits per heavy atom. The SMILES string of the molecule is CCc1nc(C2CCCN(C(=O)c3ncoc3C(C)C)C2)no1. The second-order valence-corrected chi connectivity index (χ2v) is 6.21. The third-order valence-corrected chi connectivity index (χ3v) is 4.18. The van der Waals surface area contributed by atoms with Crippen LogP contribution in [0.2, 0.25) is 0 Å². The summed E-state index contributed by atoms with van der Waals surface area (Å²) in [5.41, 5.74) is 0.419. The number of carbonyl (C=O) groups excluding carboxylic acids is 1. The topological polar surface area (TPSA) is 85.3 Å². The normalized spacial score (nSPS) is 18.6. The van der Waals surface area contributed by atoms with Crippen molar-refractivity contribution in [3.8, 4) is 0 Å². The number of aromatic nitrogens is 3. The number of likely N-dealkylation sites (tertiary alicyclic amines) is 1. The van der Waals surface area contributed by atoms with Gasteiger partial charge in [-0.05, 0) is 12.8 Å². The standard InChI is InChI=1S/C16H22N4O3/c1-4-12-18-15(19-23-12)11-6-5-7-20(8-11)16(21)13-14(10(2)3)22-9-17-13/h9-11H,4-8H2,1-3H3. The van der Waals surface area contributed by atoms with Crippen LogP contribution >= 0.6 is 0 Å². The van der Waals surface area contributed by atoms with Crippen LogP contribution in [-0.4, -0.2) is 39.0 Å². The van der Waals surface area contributed by atoms with Crippen molar-refractivity contribution in [2.75, 3.05) is 13.1 Å². The lowest BCUT2D eigenvalue weighted by molar-refractivity contribution is 0.0695. The van der Waals surface area contributed by atoms with Gasteiger partial charge in [0, 0.05) is 31.3 Å².